The molecule has 0 aromatic carbocycles. The molecule has 0 aromatic heterocycles. The van der Waals surface area contributed by atoms with Gasteiger partial charge in [-0.2, -0.15) is 0 Å². The summed E-state index contributed by atoms with van der Waals surface area (Å²) in [5.74, 6) is 1.85. The van der Waals surface area contributed by atoms with Crippen molar-refractivity contribution in [2.24, 2.45) is 23.2 Å². The number of methoxy groups -OCH3 is 1. The van der Waals surface area contributed by atoms with E-state index < -0.39 is 5.97 Å². The van der Waals surface area contributed by atoms with Crippen molar-refractivity contribution in [3.63, 3.8) is 0 Å². The fraction of sp³-hybridized carbons (Fsp3) is 0.750. The van der Waals surface area contributed by atoms with Crippen LogP contribution in [0.15, 0.2) is 12.3 Å². The summed E-state index contributed by atoms with van der Waals surface area (Å²) < 4.78 is 4.55. The Morgan fingerprint density at radius 3 is 2.10 bits per heavy atom. The van der Waals surface area contributed by atoms with E-state index in [0.29, 0.717) is 6.42 Å². The van der Waals surface area contributed by atoms with Crippen LogP contribution in [0, 0.1) is 23.2 Å². The van der Waals surface area contributed by atoms with Crippen molar-refractivity contribution in [2.75, 3.05) is 7.11 Å². The number of esters is 1. The third kappa shape index (κ3) is 2.48. The van der Waals surface area contributed by atoms with Gasteiger partial charge in [0.05, 0.1) is 7.11 Å². The predicted octanol–water partition coefficient (Wildman–Crippen LogP) is 2.40. The number of ether oxygens (including phenoxy) is 1. The molecule has 1 amide bonds. The van der Waals surface area contributed by atoms with Gasteiger partial charge in [0.1, 0.15) is 5.70 Å². The average Bonchev–Trinajstić information content (AvgIpc) is 2.34. The molecule has 0 saturated heterocycles. The molecule has 0 spiro atoms. The molecule has 0 unspecified atom stereocenters. The first-order chi connectivity index (χ1) is 9.49. The van der Waals surface area contributed by atoms with Crippen LogP contribution in [0.4, 0.5) is 0 Å². The van der Waals surface area contributed by atoms with Gasteiger partial charge in [-0.3, -0.25) is 4.79 Å². The van der Waals surface area contributed by atoms with Gasteiger partial charge in [0.25, 0.3) is 0 Å². The monoisotopic (exact) mass is 277 g/mol. The van der Waals surface area contributed by atoms with Gasteiger partial charge in [0, 0.05) is 6.42 Å². The summed E-state index contributed by atoms with van der Waals surface area (Å²) in [7, 11) is 1.29. The third-order valence-corrected chi connectivity index (χ3v) is 5.42. The SMILES string of the molecule is C=C(NC(=O)CC12CC3CC(CC(C3)C1)C2)C(=O)OC. The molecule has 4 fully saturated rings. The Kier molecular flexibility index (Phi) is 3.35. The molecule has 1 N–H and O–H groups in total. The van der Waals surface area contributed by atoms with E-state index in [9.17, 15) is 9.59 Å². The number of nitrogens with one attached hydrogen (secondary N) is 1. The summed E-state index contributed by atoms with van der Waals surface area (Å²) in [5, 5.41) is 2.60. The van der Waals surface area contributed by atoms with Crippen LogP contribution in [-0.4, -0.2) is 19.0 Å². The van der Waals surface area contributed by atoms with E-state index in [4.69, 9.17) is 0 Å². The molecule has 0 aliphatic heterocycles. The standard InChI is InChI=1S/C16H23NO3/c1-10(15(19)20-2)17-14(18)9-16-6-11-3-12(7-16)5-13(4-11)8-16/h11-13H,1,3-9H2,2H3,(H,17,18). The second kappa shape index (κ2) is 4.90. The summed E-state index contributed by atoms with van der Waals surface area (Å²) in [4.78, 5) is 23.5. The van der Waals surface area contributed by atoms with Crippen LogP contribution in [-0.2, 0) is 14.3 Å². The molecule has 4 rings (SSSR count). The van der Waals surface area contributed by atoms with Gasteiger partial charge in [-0.1, -0.05) is 6.58 Å². The van der Waals surface area contributed by atoms with Gasteiger partial charge in [-0.15, -0.1) is 0 Å². The number of hydrogen-bond donors (Lipinski definition) is 1. The third-order valence-electron chi connectivity index (χ3n) is 5.42. The molecule has 0 atom stereocenters. The number of hydrogen-bond acceptors (Lipinski definition) is 3. The fourth-order valence-electron chi connectivity index (χ4n) is 5.23. The first-order valence-corrected chi connectivity index (χ1v) is 7.57. The molecule has 20 heavy (non-hydrogen) atoms. The largest absolute Gasteiger partial charge is 0.464 e. The molecular weight excluding hydrogens is 254 g/mol. The minimum Gasteiger partial charge on any atom is -0.464 e. The minimum absolute atomic E-state index is 0.0437. The molecule has 4 heteroatoms. The molecule has 4 bridgehead atoms. The summed E-state index contributed by atoms with van der Waals surface area (Å²) in [5.41, 5.74) is 0.233. The Balaban J connectivity index is 1.61. The van der Waals surface area contributed by atoms with Crippen molar-refractivity contribution in [2.45, 2.75) is 44.9 Å². The lowest BCUT2D eigenvalue weighted by molar-refractivity contribution is -0.138. The highest BCUT2D eigenvalue weighted by molar-refractivity contribution is 5.93. The van der Waals surface area contributed by atoms with Crippen molar-refractivity contribution in [1.82, 2.24) is 5.32 Å². The van der Waals surface area contributed by atoms with Crippen molar-refractivity contribution < 1.29 is 14.3 Å². The van der Waals surface area contributed by atoms with Crippen LogP contribution in [0.25, 0.3) is 0 Å². The van der Waals surface area contributed by atoms with Crippen LogP contribution in [0.3, 0.4) is 0 Å². The second-order valence-electron chi connectivity index (χ2n) is 7.11. The Morgan fingerprint density at radius 2 is 1.65 bits per heavy atom. The van der Waals surface area contributed by atoms with Crippen molar-refractivity contribution in [3.05, 3.63) is 12.3 Å². The lowest BCUT2D eigenvalue weighted by atomic mass is 9.49. The Morgan fingerprint density at radius 1 is 1.15 bits per heavy atom. The van der Waals surface area contributed by atoms with Crippen molar-refractivity contribution in [1.29, 1.82) is 0 Å². The van der Waals surface area contributed by atoms with Crippen LogP contribution in [0.2, 0.25) is 0 Å². The quantitative estimate of drug-likeness (QED) is 0.634. The lowest BCUT2D eigenvalue weighted by Gasteiger charge is -2.56. The van der Waals surface area contributed by atoms with Gasteiger partial charge in [-0.05, 0) is 61.7 Å². The van der Waals surface area contributed by atoms with E-state index >= 15 is 0 Å². The number of amides is 1. The van der Waals surface area contributed by atoms with E-state index in [1.165, 1.54) is 45.6 Å². The van der Waals surface area contributed by atoms with Crippen LogP contribution < -0.4 is 5.32 Å². The molecule has 0 radical (unpaired) electrons. The lowest BCUT2D eigenvalue weighted by Crippen LogP contribution is -2.48. The minimum atomic E-state index is -0.566. The first-order valence-electron chi connectivity index (χ1n) is 7.57. The molecule has 4 aliphatic carbocycles. The molecule has 4 nitrogen and oxygen atoms in total. The summed E-state index contributed by atoms with van der Waals surface area (Å²) in [6, 6.07) is 0. The number of carbonyl (C=O) groups is 2. The molecule has 110 valence electrons. The zero-order valence-corrected chi connectivity index (χ0v) is 12.1. The molecular formula is C16H23NO3. The summed E-state index contributed by atoms with van der Waals surface area (Å²) in [6.07, 6.45) is 8.22. The predicted molar refractivity (Wildman–Crippen MR) is 74.5 cm³/mol. The normalized spacial score (nSPS) is 37.5. The molecule has 4 saturated carbocycles. The fourth-order valence-corrected chi connectivity index (χ4v) is 5.23. The van der Waals surface area contributed by atoms with Crippen molar-refractivity contribution in [3.8, 4) is 0 Å². The Bertz CT molecular complexity index is 419. The Hall–Kier alpha value is -1.32. The summed E-state index contributed by atoms with van der Waals surface area (Å²) in [6.45, 7) is 3.55. The van der Waals surface area contributed by atoms with E-state index in [0.717, 1.165) is 17.8 Å². The van der Waals surface area contributed by atoms with E-state index in [-0.39, 0.29) is 17.0 Å². The number of rotatable bonds is 4. The van der Waals surface area contributed by atoms with Crippen LogP contribution in [0.5, 0.6) is 0 Å². The average molecular weight is 277 g/mol. The van der Waals surface area contributed by atoms with Crippen molar-refractivity contribution >= 4 is 11.9 Å². The second-order valence-corrected chi connectivity index (χ2v) is 7.11. The van der Waals surface area contributed by atoms with Gasteiger partial charge in [-0.25, -0.2) is 4.79 Å². The smallest absolute Gasteiger partial charge is 0.353 e. The first kappa shape index (κ1) is 13.7. The highest BCUT2D eigenvalue weighted by atomic mass is 16.5. The topological polar surface area (TPSA) is 55.4 Å². The van der Waals surface area contributed by atoms with Crippen LogP contribution in [0.1, 0.15) is 44.9 Å². The highest BCUT2D eigenvalue weighted by Crippen LogP contribution is 2.61. The van der Waals surface area contributed by atoms with Gasteiger partial charge >= 0.3 is 5.97 Å². The molecule has 4 aliphatic rings. The maximum atomic E-state index is 12.2. The van der Waals surface area contributed by atoms with Gasteiger partial charge in [0.2, 0.25) is 5.91 Å². The van der Waals surface area contributed by atoms with E-state index in [1.54, 1.807) is 0 Å². The van der Waals surface area contributed by atoms with Gasteiger partial charge in [0.15, 0.2) is 0 Å². The van der Waals surface area contributed by atoms with Crippen LogP contribution >= 0.6 is 0 Å². The zero-order chi connectivity index (χ0) is 14.3. The van der Waals surface area contributed by atoms with Gasteiger partial charge < -0.3 is 10.1 Å². The highest BCUT2D eigenvalue weighted by Gasteiger charge is 2.51. The Labute approximate surface area is 119 Å². The number of carbonyl (C=O) groups excluding carboxylic acids is 2. The van der Waals surface area contributed by atoms with E-state index in [2.05, 4.69) is 16.6 Å². The molecule has 0 heterocycles. The maximum Gasteiger partial charge on any atom is 0.353 e. The van der Waals surface area contributed by atoms with E-state index in [1.807, 2.05) is 0 Å². The maximum absolute atomic E-state index is 12.2. The molecule has 0 aromatic rings. The zero-order valence-electron chi connectivity index (χ0n) is 12.1. The summed E-state index contributed by atoms with van der Waals surface area (Å²) >= 11 is 0.